The maximum Gasteiger partial charge on any atom is 0.337 e. The lowest BCUT2D eigenvalue weighted by atomic mass is 9.93. The maximum absolute atomic E-state index is 13.1. The van der Waals surface area contributed by atoms with E-state index in [1.165, 1.54) is 0 Å². The first-order valence-electron chi connectivity index (χ1n) is 14.3. The summed E-state index contributed by atoms with van der Waals surface area (Å²) in [5.41, 5.74) is 6.92. The fraction of sp³-hybridized carbons (Fsp3) is 0.0811. The molecule has 0 aliphatic rings. The molecular weight excluding hydrogens is 588 g/mol. The van der Waals surface area contributed by atoms with Crippen LogP contribution in [0.5, 0.6) is 0 Å². The average molecular weight is 615 g/mol. The molecule has 0 saturated carbocycles. The van der Waals surface area contributed by atoms with Crippen LogP contribution < -0.4 is 5.56 Å². The number of carbonyl (C=O) groups is 2. The average Bonchev–Trinajstić information content (AvgIpc) is 3.04. The summed E-state index contributed by atoms with van der Waals surface area (Å²) in [6.07, 6.45) is 1.71. The molecular formula is C37H27ClN2O5. The van der Waals surface area contributed by atoms with Crippen LogP contribution in [0.1, 0.15) is 22.8 Å². The van der Waals surface area contributed by atoms with Crippen LogP contribution in [0.25, 0.3) is 55.5 Å². The van der Waals surface area contributed by atoms with Gasteiger partial charge in [-0.05, 0) is 70.5 Å². The Bertz CT molecular complexity index is 2140. The number of carboxylic acid groups (broad SMARTS) is 1. The Morgan fingerprint density at radius 3 is 2.24 bits per heavy atom. The quantitative estimate of drug-likeness (QED) is 0.168. The summed E-state index contributed by atoms with van der Waals surface area (Å²) in [5.74, 6) is -1.36. The second-order valence-electron chi connectivity index (χ2n) is 10.4. The highest BCUT2D eigenvalue weighted by molar-refractivity contribution is 6.34. The van der Waals surface area contributed by atoms with Gasteiger partial charge in [0.15, 0.2) is 0 Å². The normalized spacial score (nSPS) is 11.0. The van der Waals surface area contributed by atoms with E-state index in [0.717, 1.165) is 38.8 Å². The van der Waals surface area contributed by atoms with Crippen molar-refractivity contribution in [2.75, 3.05) is 6.61 Å². The van der Waals surface area contributed by atoms with E-state index >= 15 is 0 Å². The molecule has 0 amide bonds. The molecule has 0 unspecified atom stereocenters. The zero-order valence-electron chi connectivity index (χ0n) is 24.2. The van der Waals surface area contributed by atoms with Gasteiger partial charge in [0.2, 0.25) is 0 Å². The molecule has 0 bridgehead atoms. The second-order valence-corrected chi connectivity index (χ2v) is 10.8. The third-order valence-electron chi connectivity index (χ3n) is 7.55. The van der Waals surface area contributed by atoms with Crippen LogP contribution in [0.15, 0.2) is 114 Å². The van der Waals surface area contributed by atoms with Gasteiger partial charge in [0, 0.05) is 28.4 Å². The van der Waals surface area contributed by atoms with Crippen LogP contribution in [-0.2, 0) is 16.0 Å². The monoisotopic (exact) mass is 614 g/mol. The number of fused-ring (bicyclic) bond motifs is 1. The highest BCUT2D eigenvalue weighted by atomic mass is 35.5. The Morgan fingerprint density at radius 2 is 1.51 bits per heavy atom. The predicted molar refractivity (Wildman–Crippen MR) is 176 cm³/mol. The fourth-order valence-electron chi connectivity index (χ4n) is 5.45. The van der Waals surface area contributed by atoms with Crippen LogP contribution in [-0.4, -0.2) is 33.6 Å². The summed E-state index contributed by atoms with van der Waals surface area (Å²) < 4.78 is 5.07. The van der Waals surface area contributed by atoms with Crippen molar-refractivity contribution in [1.29, 1.82) is 0 Å². The molecule has 2 N–H and O–H groups in total. The smallest absolute Gasteiger partial charge is 0.337 e. The van der Waals surface area contributed by atoms with Gasteiger partial charge in [-0.2, -0.15) is 0 Å². The minimum Gasteiger partial charge on any atom is -0.478 e. The lowest BCUT2D eigenvalue weighted by Crippen LogP contribution is -2.10. The number of carbonyl (C=O) groups excluding carboxylic acids is 1. The molecule has 6 rings (SSSR count). The van der Waals surface area contributed by atoms with Gasteiger partial charge in [-0.25, -0.2) is 4.79 Å². The standard InChI is InChI=1S/C37H27ClN2O5/c1-2-45-34(41)18-22-7-5-8-25(17-22)31-20-26-19-30(32(38)21-33(26)40-36(31)42)24-14-12-23(13-15-24)27-9-3-4-10-28(27)35-29(37(43)44)11-6-16-39-35/h3-17,19-21H,2,18H2,1H3,(H,40,42)(H,43,44). The zero-order valence-corrected chi connectivity index (χ0v) is 25.0. The molecule has 222 valence electrons. The van der Waals surface area contributed by atoms with Crippen molar-refractivity contribution in [1.82, 2.24) is 9.97 Å². The summed E-state index contributed by atoms with van der Waals surface area (Å²) in [5, 5.41) is 11.0. The molecule has 0 aliphatic carbocycles. The van der Waals surface area contributed by atoms with Gasteiger partial charge in [-0.1, -0.05) is 84.4 Å². The molecule has 2 heterocycles. The number of hydrogen-bond acceptors (Lipinski definition) is 5. The lowest BCUT2D eigenvalue weighted by molar-refractivity contribution is -0.142. The first kappa shape index (κ1) is 29.5. The number of ether oxygens (including phenoxy) is 1. The number of nitrogens with one attached hydrogen (secondary N) is 1. The third-order valence-corrected chi connectivity index (χ3v) is 7.86. The van der Waals surface area contributed by atoms with E-state index < -0.39 is 5.97 Å². The van der Waals surface area contributed by atoms with Crippen molar-refractivity contribution in [2.24, 2.45) is 0 Å². The molecule has 0 aliphatic heterocycles. The van der Waals surface area contributed by atoms with E-state index in [4.69, 9.17) is 16.3 Å². The molecule has 0 spiro atoms. The van der Waals surface area contributed by atoms with E-state index in [0.29, 0.717) is 34.0 Å². The van der Waals surface area contributed by atoms with Crippen LogP contribution in [0.3, 0.4) is 0 Å². The molecule has 0 saturated heterocycles. The summed E-state index contributed by atoms with van der Waals surface area (Å²) in [6, 6.07) is 31.4. The predicted octanol–water partition coefficient (Wildman–Crippen LogP) is 8.05. The molecule has 2 aromatic heterocycles. The number of H-pyrrole nitrogens is 1. The van der Waals surface area contributed by atoms with E-state index in [1.807, 2.05) is 84.9 Å². The van der Waals surface area contributed by atoms with Crippen molar-refractivity contribution in [3.8, 4) is 44.6 Å². The Morgan fingerprint density at radius 1 is 0.800 bits per heavy atom. The van der Waals surface area contributed by atoms with Crippen LogP contribution in [0.2, 0.25) is 5.02 Å². The van der Waals surface area contributed by atoms with E-state index in [9.17, 15) is 19.5 Å². The van der Waals surface area contributed by atoms with Crippen LogP contribution in [0.4, 0.5) is 0 Å². The number of rotatable bonds is 8. The van der Waals surface area contributed by atoms with Gasteiger partial charge in [0.25, 0.3) is 5.56 Å². The number of hydrogen-bond donors (Lipinski definition) is 2. The Kier molecular flexibility index (Phi) is 8.27. The van der Waals surface area contributed by atoms with Crippen LogP contribution in [0, 0.1) is 0 Å². The third kappa shape index (κ3) is 6.12. The highest BCUT2D eigenvalue weighted by Crippen LogP contribution is 2.36. The first-order chi connectivity index (χ1) is 21.8. The molecule has 4 aromatic carbocycles. The van der Waals surface area contributed by atoms with Crippen LogP contribution >= 0.6 is 11.6 Å². The number of pyridine rings is 2. The van der Waals surface area contributed by atoms with E-state index in [2.05, 4.69) is 9.97 Å². The zero-order chi connectivity index (χ0) is 31.5. The summed E-state index contributed by atoms with van der Waals surface area (Å²) in [4.78, 5) is 44.3. The molecule has 8 heteroatoms. The molecule has 0 atom stereocenters. The minimum absolute atomic E-state index is 0.121. The van der Waals surface area contributed by atoms with Gasteiger partial charge < -0.3 is 14.8 Å². The van der Waals surface area contributed by atoms with Gasteiger partial charge in [0.1, 0.15) is 0 Å². The first-order valence-corrected chi connectivity index (χ1v) is 14.7. The number of benzene rings is 4. The number of halogens is 1. The van der Waals surface area contributed by atoms with Crippen molar-refractivity contribution in [3.63, 3.8) is 0 Å². The minimum atomic E-state index is -1.04. The molecule has 7 nitrogen and oxygen atoms in total. The molecule has 45 heavy (non-hydrogen) atoms. The molecule has 0 radical (unpaired) electrons. The summed E-state index contributed by atoms with van der Waals surface area (Å²) in [7, 11) is 0. The molecule has 0 fully saturated rings. The topological polar surface area (TPSA) is 109 Å². The molecule has 6 aromatic rings. The number of aromatic amines is 1. The van der Waals surface area contributed by atoms with Gasteiger partial charge in [-0.3, -0.25) is 14.6 Å². The largest absolute Gasteiger partial charge is 0.478 e. The van der Waals surface area contributed by atoms with E-state index in [1.54, 1.807) is 31.3 Å². The van der Waals surface area contributed by atoms with Crippen molar-refractivity contribution >= 4 is 34.4 Å². The fourth-order valence-corrected chi connectivity index (χ4v) is 5.73. The Labute approximate surface area is 263 Å². The van der Waals surface area contributed by atoms with Crippen molar-refractivity contribution in [3.05, 3.63) is 136 Å². The van der Waals surface area contributed by atoms with Crippen molar-refractivity contribution in [2.45, 2.75) is 13.3 Å². The number of nitrogens with zero attached hydrogens (tertiary/aromatic N) is 1. The lowest BCUT2D eigenvalue weighted by Gasteiger charge is -2.13. The Hall–Kier alpha value is -5.53. The SMILES string of the molecule is CCOC(=O)Cc1cccc(-c2cc3cc(-c4ccc(-c5ccccc5-c5ncccc5C(=O)O)cc4)c(Cl)cc3[nH]c2=O)c1. The maximum atomic E-state index is 13.1. The van der Waals surface area contributed by atoms with Gasteiger partial charge in [-0.15, -0.1) is 0 Å². The van der Waals surface area contributed by atoms with Crippen molar-refractivity contribution < 1.29 is 19.4 Å². The summed E-state index contributed by atoms with van der Waals surface area (Å²) >= 11 is 6.72. The number of carboxylic acids is 1. The van der Waals surface area contributed by atoms with Gasteiger partial charge >= 0.3 is 11.9 Å². The highest BCUT2D eigenvalue weighted by Gasteiger charge is 2.17. The van der Waals surface area contributed by atoms with Gasteiger partial charge in [0.05, 0.1) is 29.3 Å². The number of aromatic nitrogens is 2. The van der Waals surface area contributed by atoms with E-state index in [-0.39, 0.29) is 23.5 Å². The second kappa shape index (κ2) is 12.6. The number of aromatic carboxylic acids is 1. The Balaban J connectivity index is 1.36. The number of esters is 1. The summed E-state index contributed by atoms with van der Waals surface area (Å²) in [6.45, 7) is 2.07.